The molecule has 0 fully saturated rings. The molecule has 1 aromatic heterocycles. The number of hydrogen-bond acceptors (Lipinski definition) is 3. The molecule has 0 unspecified atom stereocenters. The zero-order valence-corrected chi connectivity index (χ0v) is 13.7. The summed E-state index contributed by atoms with van der Waals surface area (Å²) in [5.41, 5.74) is 2.36. The molecule has 0 saturated carbocycles. The van der Waals surface area contributed by atoms with Gasteiger partial charge < -0.3 is 15.3 Å². The van der Waals surface area contributed by atoms with E-state index in [0.717, 1.165) is 24.1 Å². The molecule has 2 aromatic rings. The molecular weight excluding hydrogens is 292 g/mol. The topological polar surface area (TPSA) is 70.4 Å². The van der Waals surface area contributed by atoms with Gasteiger partial charge in [0.2, 0.25) is 0 Å². The number of nitrogens with zero attached hydrogens (tertiary/aromatic N) is 3. The Kier molecular flexibility index (Phi) is 6.17. The maximum Gasteiger partial charge on any atom is 0.322 e. The third-order valence-electron chi connectivity index (χ3n) is 3.56. The molecule has 0 aliphatic rings. The lowest BCUT2D eigenvalue weighted by Gasteiger charge is -2.21. The summed E-state index contributed by atoms with van der Waals surface area (Å²) in [5.74, 6) is 0. The molecule has 1 heterocycles. The lowest BCUT2D eigenvalue weighted by Crippen LogP contribution is -2.37. The zero-order chi connectivity index (χ0) is 16.7. The minimum atomic E-state index is -0.210. The molecule has 2 rings (SSSR count). The van der Waals surface area contributed by atoms with E-state index in [2.05, 4.69) is 17.3 Å². The minimum absolute atomic E-state index is 0.0459. The number of hydrogen-bond donors (Lipinski definition) is 2. The number of aliphatic hydroxyl groups is 1. The van der Waals surface area contributed by atoms with Gasteiger partial charge in [-0.1, -0.05) is 43.7 Å². The molecule has 124 valence electrons. The lowest BCUT2D eigenvalue weighted by molar-refractivity contribution is 0.187. The fourth-order valence-corrected chi connectivity index (χ4v) is 2.37. The van der Waals surface area contributed by atoms with Crippen molar-refractivity contribution in [2.45, 2.75) is 19.8 Å². The van der Waals surface area contributed by atoms with Gasteiger partial charge in [-0.15, -0.1) is 0 Å². The summed E-state index contributed by atoms with van der Waals surface area (Å²) in [6.45, 7) is 2.98. The van der Waals surface area contributed by atoms with Crippen LogP contribution in [0, 0.1) is 0 Å². The van der Waals surface area contributed by atoms with Crippen LogP contribution >= 0.6 is 0 Å². The number of unbranched alkanes of at least 4 members (excludes halogenated alkanes) is 1. The quantitative estimate of drug-likeness (QED) is 0.825. The number of aromatic nitrogens is 2. The molecule has 0 saturated heterocycles. The van der Waals surface area contributed by atoms with Gasteiger partial charge in [0.25, 0.3) is 0 Å². The highest BCUT2D eigenvalue weighted by Crippen LogP contribution is 2.26. The molecule has 2 amide bonds. The molecule has 0 radical (unpaired) electrons. The van der Waals surface area contributed by atoms with Crippen LogP contribution in [0.4, 0.5) is 10.5 Å². The van der Waals surface area contributed by atoms with Crippen molar-refractivity contribution >= 4 is 11.7 Å². The number of carbonyl (C=O) groups is 1. The van der Waals surface area contributed by atoms with Crippen molar-refractivity contribution in [3.05, 3.63) is 36.5 Å². The smallest absolute Gasteiger partial charge is 0.322 e. The van der Waals surface area contributed by atoms with Gasteiger partial charge in [-0.3, -0.25) is 4.68 Å². The van der Waals surface area contributed by atoms with Gasteiger partial charge >= 0.3 is 6.03 Å². The van der Waals surface area contributed by atoms with Gasteiger partial charge in [0, 0.05) is 31.9 Å². The van der Waals surface area contributed by atoms with Gasteiger partial charge in [-0.05, 0) is 6.42 Å². The molecule has 0 bridgehead atoms. The SMILES string of the molecule is CCCCN(CCO)C(=O)Nc1cn(C)nc1-c1ccccc1. The summed E-state index contributed by atoms with van der Waals surface area (Å²) in [4.78, 5) is 14.1. The van der Waals surface area contributed by atoms with Crippen LogP contribution in [0.15, 0.2) is 36.5 Å². The Balaban J connectivity index is 2.17. The molecule has 0 atom stereocenters. The van der Waals surface area contributed by atoms with E-state index in [0.29, 0.717) is 18.8 Å². The van der Waals surface area contributed by atoms with Crippen LogP contribution in [-0.4, -0.2) is 45.5 Å². The lowest BCUT2D eigenvalue weighted by atomic mass is 10.1. The predicted octanol–water partition coefficient (Wildman–Crippen LogP) is 2.71. The Morgan fingerprint density at radius 1 is 1.30 bits per heavy atom. The molecule has 23 heavy (non-hydrogen) atoms. The Morgan fingerprint density at radius 3 is 2.70 bits per heavy atom. The van der Waals surface area contributed by atoms with Crippen molar-refractivity contribution in [2.24, 2.45) is 7.05 Å². The minimum Gasteiger partial charge on any atom is -0.395 e. The summed E-state index contributed by atoms with van der Waals surface area (Å²) >= 11 is 0. The van der Waals surface area contributed by atoms with E-state index >= 15 is 0 Å². The van der Waals surface area contributed by atoms with E-state index in [1.165, 1.54) is 0 Å². The van der Waals surface area contributed by atoms with Crippen LogP contribution in [-0.2, 0) is 7.05 Å². The number of carbonyl (C=O) groups excluding carboxylic acids is 1. The average Bonchev–Trinajstić information content (AvgIpc) is 2.92. The Labute approximate surface area is 136 Å². The number of aryl methyl sites for hydroxylation is 1. The van der Waals surface area contributed by atoms with Crippen molar-refractivity contribution in [3.63, 3.8) is 0 Å². The maximum absolute atomic E-state index is 12.5. The first-order valence-corrected chi connectivity index (χ1v) is 7.91. The normalized spacial score (nSPS) is 10.6. The van der Waals surface area contributed by atoms with Crippen molar-refractivity contribution < 1.29 is 9.90 Å². The number of rotatable bonds is 7. The van der Waals surface area contributed by atoms with Crippen molar-refractivity contribution in [3.8, 4) is 11.3 Å². The molecule has 2 N–H and O–H groups in total. The first-order valence-electron chi connectivity index (χ1n) is 7.91. The highest BCUT2D eigenvalue weighted by molar-refractivity contribution is 5.93. The van der Waals surface area contributed by atoms with Crippen molar-refractivity contribution in [2.75, 3.05) is 25.0 Å². The predicted molar refractivity (Wildman–Crippen MR) is 91.2 cm³/mol. The summed E-state index contributed by atoms with van der Waals surface area (Å²) in [7, 11) is 1.82. The zero-order valence-electron chi connectivity index (χ0n) is 13.7. The van der Waals surface area contributed by atoms with Gasteiger partial charge in [-0.25, -0.2) is 4.79 Å². The van der Waals surface area contributed by atoms with E-state index in [4.69, 9.17) is 5.11 Å². The summed E-state index contributed by atoms with van der Waals surface area (Å²) in [6, 6.07) is 9.53. The summed E-state index contributed by atoms with van der Waals surface area (Å²) in [5, 5.41) is 16.5. The molecule has 6 heteroatoms. The van der Waals surface area contributed by atoms with Crippen LogP contribution in [0.5, 0.6) is 0 Å². The number of nitrogens with one attached hydrogen (secondary N) is 1. The number of benzene rings is 1. The number of aliphatic hydroxyl groups excluding tert-OH is 1. The average molecular weight is 316 g/mol. The monoisotopic (exact) mass is 316 g/mol. The third kappa shape index (κ3) is 4.56. The molecule has 6 nitrogen and oxygen atoms in total. The van der Waals surface area contributed by atoms with E-state index in [9.17, 15) is 4.79 Å². The van der Waals surface area contributed by atoms with E-state index < -0.39 is 0 Å². The van der Waals surface area contributed by atoms with E-state index in [-0.39, 0.29) is 12.6 Å². The molecular formula is C17H24N4O2. The summed E-state index contributed by atoms with van der Waals surface area (Å²) in [6.07, 6.45) is 3.69. The molecule has 0 aliphatic heterocycles. The van der Waals surface area contributed by atoms with E-state index in [1.54, 1.807) is 15.8 Å². The fourth-order valence-electron chi connectivity index (χ4n) is 2.37. The van der Waals surface area contributed by atoms with Gasteiger partial charge in [-0.2, -0.15) is 5.10 Å². The van der Waals surface area contributed by atoms with Gasteiger partial charge in [0.15, 0.2) is 0 Å². The second kappa shape index (κ2) is 8.33. The second-order valence-corrected chi connectivity index (χ2v) is 5.43. The highest BCUT2D eigenvalue weighted by Gasteiger charge is 2.17. The van der Waals surface area contributed by atoms with Gasteiger partial charge in [0.1, 0.15) is 5.69 Å². The van der Waals surface area contributed by atoms with Crippen LogP contribution in [0.25, 0.3) is 11.3 Å². The van der Waals surface area contributed by atoms with Crippen molar-refractivity contribution in [1.29, 1.82) is 0 Å². The number of anilines is 1. The fraction of sp³-hybridized carbons (Fsp3) is 0.412. The summed E-state index contributed by atoms with van der Waals surface area (Å²) < 4.78 is 1.68. The van der Waals surface area contributed by atoms with E-state index in [1.807, 2.05) is 37.4 Å². The van der Waals surface area contributed by atoms with Crippen LogP contribution < -0.4 is 5.32 Å². The second-order valence-electron chi connectivity index (χ2n) is 5.43. The Morgan fingerprint density at radius 2 is 2.04 bits per heavy atom. The maximum atomic E-state index is 12.5. The molecule has 1 aromatic carbocycles. The third-order valence-corrected chi connectivity index (χ3v) is 3.56. The van der Waals surface area contributed by atoms with Crippen LogP contribution in [0.3, 0.4) is 0 Å². The Hall–Kier alpha value is -2.34. The number of urea groups is 1. The number of amides is 2. The first kappa shape index (κ1) is 17.0. The van der Waals surface area contributed by atoms with Crippen molar-refractivity contribution in [1.82, 2.24) is 14.7 Å². The highest BCUT2D eigenvalue weighted by atomic mass is 16.3. The molecule has 0 aliphatic carbocycles. The first-order chi connectivity index (χ1) is 11.2. The standard InChI is InChI=1S/C17H24N4O2/c1-3-4-10-21(11-12-22)17(23)18-15-13-20(2)19-16(15)14-8-6-5-7-9-14/h5-9,13,22H,3-4,10-12H2,1-2H3,(H,18,23). The van der Waals surface area contributed by atoms with Crippen LogP contribution in [0.1, 0.15) is 19.8 Å². The van der Waals surface area contributed by atoms with Crippen LogP contribution in [0.2, 0.25) is 0 Å². The Bertz CT molecular complexity index is 625. The molecule has 0 spiro atoms. The van der Waals surface area contributed by atoms with Gasteiger partial charge in [0.05, 0.1) is 12.3 Å². The largest absolute Gasteiger partial charge is 0.395 e.